The predicted octanol–water partition coefficient (Wildman–Crippen LogP) is 1.11. The summed E-state index contributed by atoms with van der Waals surface area (Å²) in [7, 11) is -3.16. The van der Waals surface area contributed by atoms with Crippen molar-refractivity contribution in [2.45, 2.75) is 37.2 Å². The predicted molar refractivity (Wildman–Crippen MR) is 84.0 cm³/mol. The van der Waals surface area contributed by atoms with Gasteiger partial charge in [-0.05, 0) is 25.0 Å². The lowest BCUT2D eigenvalue weighted by Gasteiger charge is -2.33. The first-order valence-electron chi connectivity index (χ1n) is 7.86. The third-order valence-electron chi connectivity index (χ3n) is 4.42. The maximum atomic E-state index is 12.1. The molecule has 0 radical (unpaired) electrons. The van der Waals surface area contributed by atoms with Crippen LogP contribution in [0.2, 0.25) is 0 Å². The molecule has 1 fully saturated rings. The average molecular weight is 336 g/mol. The van der Waals surface area contributed by atoms with Crippen molar-refractivity contribution in [1.29, 1.82) is 0 Å². The van der Waals surface area contributed by atoms with Crippen molar-refractivity contribution in [2.75, 3.05) is 13.1 Å². The fourth-order valence-electron chi connectivity index (χ4n) is 3.09. The number of rotatable bonds is 6. The Bertz CT molecular complexity index is 765. The van der Waals surface area contributed by atoms with Gasteiger partial charge in [0.1, 0.15) is 0 Å². The van der Waals surface area contributed by atoms with Gasteiger partial charge in [-0.2, -0.15) is 5.10 Å². The monoisotopic (exact) mass is 336 g/mol. The standard InChI is InChI=1S/C15H20N4O3S/c20-23(21,15-1-2-15)17-7-14-10-18(8-12-4-6-22-11-12)9-13-3-5-16-19(13)14/h3-6,11,14-15,17H,1-2,7-10H2/t14-/m0/s1. The zero-order chi connectivity index (χ0) is 15.9. The maximum Gasteiger partial charge on any atom is 0.214 e. The highest BCUT2D eigenvalue weighted by Crippen LogP contribution is 2.28. The van der Waals surface area contributed by atoms with Gasteiger partial charge in [-0.15, -0.1) is 0 Å². The molecule has 1 N–H and O–H groups in total. The Hall–Kier alpha value is -1.64. The number of aromatic nitrogens is 2. The summed E-state index contributed by atoms with van der Waals surface area (Å²) in [5, 5.41) is 4.18. The van der Waals surface area contributed by atoms with Crippen molar-refractivity contribution in [3.63, 3.8) is 0 Å². The molecule has 3 heterocycles. The molecule has 1 aliphatic carbocycles. The minimum absolute atomic E-state index is 0.00850. The molecule has 0 unspecified atom stereocenters. The van der Waals surface area contributed by atoms with Gasteiger partial charge in [-0.25, -0.2) is 13.1 Å². The number of furan rings is 1. The van der Waals surface area contributed by atoms with Gasteiger partial charge in [-0.1, -0.05) is 0 Å². The summed E-state index contributed by atoms with van der Waals surface area (Å²) in [6.45, 7) is 2.73. The topological polar surface area (TPSA) is 80.4 Å². The third-order valence-corrected chi connectivity index (χ3v) is 6.34. The molecule has 1 aliphatic heterocycles. The smallest absolute Gasteiger partial charge is 0.214 e. The molecule has 8 heteroatoms. The SMILES string of the molecule is O=S(=O)(NC[C@H]1CN(Cc2ccoc2)Cc2ccnn21)C1CC1. The molecule has 2 aromatic rings. The Morgan fingerprint density at radius 1 is 1.35 bits per heavy atom. The van der Waals surface area contributed by atoms with E-state index in [1.165, 1.54) is 0 Å². The first-order chi connectivity index (χ1) is 11.1. The number of sulfonamides is 1. The van der Waals surface area contributed by atoms with E-state index in [2.05, 4.69) is 14.7 Å². The van der Waals surface area contributed by atoms with Gasteiger partial charge in [0.05, 0.1) is 29.5 Å². The highest BCUT2D eigenvalue weighted by atomic mass is 32.2. The van der Waals surface area contributed by atoms with Crippen molar-refractivity contribution in [3.05, 3.63) is 42.1 Å². The van der Waals surface area contributed by atoms with Crippen LogP contribution in [0.3, 0.4) is 0 Å². The number of hydrogen-bond acceptors (Lipinski definition) is 5. The van der Waals surface area contributed by atoms with E-state index in [1.54, 1.807) is 18.7 Å². The Morgan fingerprint density at radius 2 is 2.22 bits per heavy atom. The van der Waals surface area contributed by atoms with E-state index in [9.17, 15) is 8.42 Å². The van der Waals surface area contributed by atoms with Crippen LogP contribution < -0.4 is 4.72 Å². The van der Waals surface area contributed by atoms with Crippen LogP contribution in [0, 0.1) is 0 Å². The lowest BCUT2D eigenvalue weighted by Crippen LogP contribution is -2.43. The largest absolute Gasteiger partial charge is 0.472 e. The van der Waals surface area contributed by atoms with E-state index in [0.29, 0.717) is 6.54 Å². The van der Waals surface area contributed by atoms with Gasteiger partial charge >= 0.3 is 0 Å². The van der Waals surface area contributed by atoms with Crippen LogP contribution in [-0.4, -0.2) is 41.4 Å². The van der Waals surface area contributed by atoms with E-state index in [-0.39, 0.29) is 11.3 Å². The van der Waals surface area contributed by atoms with Gasteiger partial charge in [0.15, 0.2) is 0 Å². The normalized spacial score (nSPS) is 22.2. The molecule has 1 atom stereocenters. The Balaban J connectivity index is 1.47. The maximum absolute atomic E-state index is 12.1. The average Bonchev–Trinajstić information content (AvgIpc) is 3.08. The summed E-state index contributed by atoms with van der Waals surface area (Å²) in [6.07, 6.45) is 6.75. The Morgan fingerprint density at radius 3 is 2.96 bits per heavy atom. The minimum atomic E-state index is -3.16. The van der Waals surface area contributed by atoms with Crippen LogP contribution in [0.4, 0.5) is 0 Å². The second-order valence-corrected chi connectivity index (χ2v) is 8.36. The Labute approximate surface area is 135 Å². The fraction of sp³-hybridized carbons (Fsp3) is 0.533. The molecule has 1 saturated carbocycles. The summed E-state index contributed by atoms with van der Waals surface area (Å²) < 4.78 is 34.0. The van der Waals surface area contributed by atoms with Crippen LogP contribution in [0.1, 0.15) is 30.1 Å². The summed E-state index contributed by atoms with van der Waals surface area (Å²) in [5.74, 6) is 0. The van der Waals surface area contributed by atoms with Crippen LogP contribution in [0.25, 0.3) is 0 Å². The molecule has 0 saturated heterocycles. The summed E-state index contributed by atoms with van der Waals surface area (Å²) in [4.78, 5) is 2.29. The molecule has 0 aromatic carbocycles. The van der Waals surface area contributed by atoms with E-state index in [4.69, 9.17) is 4.42 Å². The van der Waals surface area contributed by atoms with Gasteiger partial charge in [0, 0.05) is 37.9 Å². The summed E-state index contributed by atoms with van der Waals surface area (Å²) in [6, 6.07) is 3.95. The van der Waals surface area contributed by atoms with E-state index >= 15 is 0 Å². The van der Waals surface area contributed by atoms with E-state index in [1.807, 2.05) is 16.8 Å². The summed E-state index contributed by atoms with van der Waals surface area (Å²) >= 11 is 0. The van der Waals surface area contributed by atoms with Crippen molar-refractivity contribution < 1.29 is 12.8 Å². The van der Waals surface area contributed by atoms with Gasteiger partial charge in [0.2, 0.25) is 10.0 Å². The zero-order valence-corrected chi connectivity index (χ0v) is 13.6. The van der Waals surface area contributed by atoms with E-state index < -0.39 is 10.0 Å². The number of nitrogens with one attached hydrogen (secondary N) is 1. The first kappa shape index (κ1) is 14.9. The molecular formula is C15H20N4O3S. The molecule has 7 nitrogen and oxygen atoms in total. The van der Waals surface area contributed by atoms with Crippen LogP contribution in [0.15, 0.2) is 35.3 Å². The lowest BCUT2D eigenvalue weighted by atomic mass is 10.1. The Kier molecular flexibility index (Phi) is 3.74. The first-order valence-corrected chi connectivity index (χ1v) is 9.41. The number of hydrogen-bond donors (Lipinski definition) is 1. The quantitative estimate of drug-likeness (QED) is 0.855. The van der Waals surface area contributed by atoms with Crippen LogP contribution in [-0.2, 0) is 23.1 Å². The molecule has 23 heavy (non-hydrogen) atoms. The second-order valence-electron chi connectivity index (χ2n) is 6.31. The summed E-state index contributed by atoms with van der Waals surface area (Å²) in [5.41, 5.74) is 2.23. The highest BCUT2D eigenvalue weighted by molar-refractivity contribution is 7.90. The van der Waals surface area contributed by atoms with Crippen molar-refractivity contribution >= 4 is 10.0 Å². The molecule has 4 rings (SSSR count). The van der Waals surface area contributed by atoms with Crippen LogP contribution >= 0.6 is 0 Å². The van der Waals surface area contributed by atoms with Crippen LogP contribution in [0.5, 0.6) is 0 Å². The molecular weight excluding hydrogens is 316 g/mol. The van der Waals surface area contributed by atoms with Crippen molar-refractivity contribution in [2.24, 2.45) is 0 Å². The van der Waals surface area contributed by atoms with Crippen molar-refractivity contribution in [3.8, 4) is 0 Å². The molecule has 2 aromatic heterocycles. The highest BCUT2D eigenvalue weighted by Gasteiger charge is 2.36. The molecule has 2 aliphatic rings. The van der Waals surface area contributed by atoms with E-state index in [0.717, 1.165) is 43.7 Å². The van der Waals surface area contributed by atoms with Gasteiger partial charge < -0.3 is 4.42 Å². The zero-order valence-electron chi connectivity index (χ0n) is 12.8. The number of fused-ring (bicyclic) bond motifs is 1. The van der Waals surface area contributed by atoms with Gasteiger partial charge in [-0.3, -0.25) is 9.58 Å². The van der Waals surface area contributed by atoms with Crippen molar-refractivity contribution in [1.82, 2.24) is 19.4 Å². The molecule has 0 amide bonds. The molecule has 124 valence electrons. The van der Waals surface area contributed by atoms with Gasteiger partial charge in [0.25, 0.3) is 0 Å². The number of nitrogens with zero attached hydrogens (tertiary/aromatic N) is 3. The lowest BCUT2D eigenvalue weighted by molar-refractivity contribution is 0.167. The molecule has 0 bridgehead atoms. The second kappa shape index (κ2) is 5.77. The third kappa shape index (κ3) is 3.19. The molecule has 0 spiro atoms. The minimum Gasteiger partial charge on any atom is -0.472 e. The fourth-order valence-corrected chi connectivity index (χ4v) is 4.50.